The number of benzene rings is 1. The summed E-state index contributed by atoms with van der Waals surface area (Å²) in [7, 11) is 2.79. The van der Waals surface area contributed by atoms with Crippen molar-refractivity contribution in [3.63, 3.8) is 0 Å². The van der Waals surface area contributed by atoms with Crippen LogP contribution in [-0.4, -0.2) is 22.9 Å². The fraction of sp³-hybridized carbons (Fsp3) is 0.125. The van der Waals surface area contributed by atoms with Gasteiger partial charge in [-0.3, -0.25) is 4.79 Å². The molecule has 0 spiro atoms. The van der Waals surface area contributed by atoms with E-state index in [1.54, 1.807) is 0 Å². The summed E-state index contributed by atoms with van der Waals surface area (Å²) in [4.78, 5) is 12.9. The van der Waals surface area contributed by atoms with Crippen LogP contribution in [0.4, 0.5) is 4.39 Å². The molecule has 0 aliphatic heterocycles. The Labute approximate surface area is 88.7 Å². The Morgan fingerprint density at radius 1 is 1.64 bits per heavy atom. The number of amides is 1. The summed E-state index contributed by atoms with van der Waals surface area (Å²) in [5.74, 6) is -0.692. The molecule has 0 aromatic heterocycles. The number of hydrogen-bond donors (Lipinski definition) is 1. The SMILES string of the molecule is O=C(COc1ccc(Cl)c(F)c1)N[Si]. The molecular formula is C8H6ClFNO2Si. The Morgan fingerprint density at radius 2 is 2.36 bits per heavy atom. The number of nitrogens with one attached hydrogen (secondary N) is 1. The number of halogens is 2. The van der Waals surface area contributed by atoms with Gasteiger partial charge in [-0.25, -0.2) is 4.39 Å². The minimum Gasteiger partial charge on any atom is -0.484 e. The van der Waals surface area contributed by atoms with Gasteiger partial charge in [-0.15, -0.1) is 0 Å². The molecule has 1 aromatic carbocycles. The molecule has 73 valence electrons. The van der Waals surface area contributed by atoms with Gasteiger partial charge in [-0.2, -0.15) is 0 Å². The summed E-state index contributed by atoms with van der Waals surface area (Å²) in [6.45, 7) is -0.190. The quantitative estimate of drug-likeness (QED) is 0.789. The van der Waals surface area contributed by atoms with Crippen LogP contribution < -0.4 is 9.72 Å². The highest BCUT2D eigenvalue weighted by atomic mass is 35.5. The van der Waals surface area contributed by atoms with Gasteiger partial charge in [0.25, 0.3) is 0 Å². The first-order chi connectivity index (χ1) is 6.63. The van der Waals surface area contributed by atoms with E-state index in [2.05, 4.69) is 15.4 Å². The second kappa shape index (κ2) is 4.97. The first kappa shape index (κ1) is 11.0. The van der Waals surface area contributed by atoms with Crippen LogP contribution in [0.1, 0.15) is 0 Å². The van der Waals surface area contributed by atoms with E-state index >= 15 is 0 Å². The normalized spacial score (nSPS) is 9.64. The Hall–Kier alpha value is -1.07. The van der Waals surface area contributed by atoms with E-state index in [0.29, 0.717) is 0 Å². The summed E-state index contributed by atoms with van der Waals surface area (Å²) in [5.41, 5.74) is 0. The van der Waals surface area contributed by atoms with Crippen LogP contribution >= 0.6 is 11.6 Å². The predicted octanol–water partition coefficient (Wildman–Crippen LogP) is 1.06. The van der Waals surface area contributed by atoms with Gasteiger partial charge in [0.1, 0.15) is 11.6 Å². The molecular weight excluding hydrogens is 225 g/mol. The molecule has 14 heavy (non-hydrogen) atoms. The molecule has 1 amide bonds. The molecule has 3 nitrogen and oxygen atoms in total. The van der Waals surface area contributed by atoms with E-state index in [0.717, 1.165) is 6.07 Å². The molecule has 0 bridgehead atoms. The van der Waals surface area contributed by atoms with E-state index in [1.807, 2.05) is 0 Å². The first-order valence-electron chi connectivity index (χ1n) is 3.67. The van der Waals surface area contributed by atoms with Gasteiger partial charge in [-0.05, 0) is 12.1 Å². The molecule has 6 heteroatoms. The summed E-state index contributed by atoms with van der Waals surface area (Å²) < 4.78 is 17.8. The molecule has 0 saturated heterocycles. The van der Waals surface area contributed by atoms with Crippen LogP contribution in [0.3, 0.4) is 0 Å². The van der Waals surface area contributed by atoms with E-state index < -0.39 is 5.82 Å². The van der Waals surface area contributed by atoms with Crippen LogP contribution in [0.2, 0.25) is 5.02 Å². The lowest BCUT2D eigenvalue weighted by molar-refractivity contribution is -0.121. The first-order valence-corrected chi connectivity index (χ1v) is 4.54. The molecule has 0 heterocycles. The second-order valence-electron chi connectivity index (χ2n) is 2.41. The van der Waals surface area contributed by atoms with Crippen molar-refractivity contribution in [2.75, 3.05) is 6.61 Å². The van der Waals surface area contributed by atoms with E-state index in [-0.39, 0.29) is 23.3 Å². The maximum atomic E-state index is 12.9. The summed E-state index contributed by atoms with van der Waals surface area (Å²) in [6.07, 6.45) is 0. The Morgan fingerprint density at radius 3 is 2.93 bits per heavy atom. The van der Waals surface area contributed by atoms with Crippen LogP contribution in [-0.2, 0) is 4.79 Å². The van der Waals surface area contributed by atoms with Crippen LogP contribution in [0, 0.1) is 5.82 Å². The van der Waals surface area contributed by atoms with Crippen molar-refractivity contribution in [1.82, 2.24) is 4.98 Å². The molecule has 0 aliphatic carbocycles. The molecule has 1 N–H and O–H groups in total. The number of hydrogen-bond acceptors (Lipinski definition) is 2. The van der Waals surface area contributed by atoms with Crippen molar-refractivity contribution >= 4 is 27.9 Å². The van der Waals surface area contributed by atoms with Gasteiger partial charge in [0, 0.05) is 6.07 Å². The molecule has 1 aromatic rings. The highest BCUT2D eigenvalue weighted by molar-refractivity contribution is 6.30. The monoisotopic (exact) mass is 230 g/mol. The molecule has 0 atom stereocenters. The maximum absolute atomic E-state index is 12.9. The van der Waals surface area contributed by atoms with E-state index in [1.165, 1.54) is 12.1 Å². The largest absolute Gasteiger partial charge is 0.484 e. The molecule has 3 radical (unpaired) electrons. The third-order valence-electron chi connectivity index (χ3n) is 1.40. The van der Waals surface area contributed by atoms with Crippen LogP contribution in [0.15, 0.2) is 18.2 Å². The summed E-state index contributed by atoms with van der Waals surface area (Å²) in [5, 5.41) is 0.0157. The van der Waals surface area contributed by atoms with Crippen molar-refractivity contribution in [2.45, 2.75) is 0 Å². The average molecular weight is 231 g/mol. The summed E-state index contributed by atoms with van der Waals surface area (Å²) in [6, 6.07) is 3.95. The average Bonchev–Trinajstić information content (AvgIpc) is 2.19. The highest BCUT2D eigenvalue weighted by Crippen LogP contribution is 2.20. The standard InChI is InChI=1S/C8H6ClFNO2Si/c9-6-2-1-5(3-7(6)10)13-4-8(12)11-14/h1-3H,4H2,(H,11,12). The fourth-order valence-electron chi connectivity index (χ4n) is 0.752. The van der Waals surface area contributed by atoms with Crippen LogP contribution in [0.25, 0.3) is 0 Å². The lowest BCUT2D eigenvalue weighted by Gasteiger charge is -2.05. The summed E-state index contributed by atoms with van der Waals surface area (Å²) >= 11 is 5.45. The van der Waals surface area contributed by atoms with Crippen LogP contribution in [0.5, 0.6) is 5.75 Å². The zero-order chi connectivity index (χ0) is 10.6. The second-order valence-corrected chi connectivity index (χ2v) is 3.07. The lowest BCUT2D eigenvalue weighted by Crippen LogP contribution is -2.26. The van der Waals surface area contributed by atoms with Crippen molar-refractivity contribution in [1.29, 1.82) is 0 Å². The lowest BCUT2D eigenvalue weighted by atomic mass is 10.3. The Balaban J connectivity index is 2.60. The van der Waals surface area contributed by atoms with Gasteiger partial charge < -0.3 is 9.72 Å². The Bertz CT molecular complexity index is 348. The minimum absolute atomic E-state index is 0.0157. The number of carbonyl (C=O) groups excluding carboxylic acids is 1. The minimum atomic E-state index is -0.581. The molecule has 0 unspecified atom stereocenters. The van der Waals surface area contributed by atoms with Gasteiger partial charge in [0.15, 0.2) is 17.0 Å². The third kappa shape index (κ3) is 3.01. The zero-order valence-electron chi connectivity index (χ0n) is 7.01. The van der Waals surface area contributed by atoms with Gasteiger partial charge in [-0.1, -0.05) is 11.6 Å². The van der Waals surface area contributed by atoms with E-state index in [4.69, 9.17) is 16.3 Å². The maximum Gasteiger partial charge on any atom is 0.249 e. The Kier molecular flexibility index (Phi) is 3.91. The zero-order valence-corrected chi connectivity index (χ0v) is 8.77. The van der Waals surface area contributed by atoms with Crippen molar-refractivity contribution < 1.29 is 13.9 Å². The predicted molar refractivity (Wildman–Crippen MR) is 50.8 cm³/mol. The number of carbonyl (C=O) groups is 1. The molecule has 0 saturated carbocycles. The fourth-order valence-corrected chi connectivity index (χ4v) is 0.941. The molecule has 0 fully saturated rings. The van der Waals surface area contributed by atoms with E-state index in [9.17, 15) is 9.18 Å². The molecule has 0 aliphatic rings. The topological polar surface area (TPSA) is 38.3 Å². The molecule has 1 rings (SSSR count). The van der Waals surface area contributed by atoms with Gasteiger partial charge >= 0.3 is 0 Å². The smallest absolute Gasteiger partial charge is 0.249 e. The highest BCUT2D eigenvalue weighted by Gasteiger charge is 2.03. The van der Waals surface area contributed by atoms with Gasteiger partial charge in [0.2, 0.25) is 5.91 Å². The van der Waals surface area contributed by atoms with Crippen molar-refractivity contribution in [3.8, 4) is 5.75 Å². The van der Waals surface area contributed by atoms with Gasteiger partial charge in [0.05, 0.1) is 5.02 Å². The number of ether oxygens (including phenoxy) is 1. The number of rotatable bonds is 3. The van der Waals surface area contributed by atoms with Crippen molar-refractivity contribution in [2.24, 2.45) is 0 Å². The van der Waals surface area contributed by atoms with Crippen molar-refractivity contribution in [3.05, 3.63) is 29.0 Å². The third-order valence-corrected chi connectivity index (χ3v) is 1.99.